The fourth-order valence-corrected chi connectivity index (χ4v) is 3.23. The lowest BCUT2D eigenvalue weighted by molar-refractivity contribution is -0.680. The molecule has 0 spiro atoms. The quantitative estimate of drug-likeness (QED) is 0.718. The number of benzene rings is 1. The normalized spacial score (nSPS) is 21.2. The van der Waals surface area contributed by atoms with E-state index < -0.39 is 5.92 Å². The fraction of sp³-hybridized carbons (Fsp3) is 0.389. The van der Waals surface area contributed by atoms with Crippen LogP contribution in [-0.2, 0) is 7.05 Å². The highest BCUT2D eigenvalue weighted by Gasteiger charge is 2.39. The molecule has 1 saturated carbocycles. The first kappa shape index (κ1) is 14.2. The maximum Gasteiger partial charge on any atom is 0.249 e. The van der Waals surface area contributed by atoms with Crippen molar-refractivity contribution in [2.24, 2.45) is 7.05 Å². The number of aryl methyl sites for hydroxylation is 1. The second-order valence-corrected chi connectivity index (χ2v) is 5.97. The SMILES string of the molecule is C[n+]1ccc(-c2ccccc2)cc1C1CCCC(F)(F)C1. The average molecular weight is 288 g/mol. The van der Waals surface area contributed by atoms with Gasteiger partial charge in [0.2, 0.25) is 5.92 Å². The van der Waals surface area contributed by atoms with Crippen molar-refractivity contribution in [2.45, 2.75) is 37.5 Å². The van der Waals surface area contributed by atoms with Gasteiger partial charge in [0.25, 0.3) is 0 Å². The number of rotatable bonds is 2. The molecule has 0 bridgehead atoms. The highest BCUT2D eigenvalue weighted by atomic mass is 19.3. The predicted octanol–water partition coefficient (Wildman–Crippen LogP) is 4.47. The summed E-state index contributed by atoms with van der Waals surface area (Å²) in [6, 6.07) is 14.2. The summed E-state index contributed by atoms with van der Waals surface area (Å²) in [6.45, 7) is 0. The van der Waals surface area contributed by atoms with E-state index in [2.05, 4.69) is 18.2 Å². The molecule has 0 radical (unpaired) electrons. The van der Waals surface area contributed by atoms with Crippen LogP contribution in [0.2, 0.25) is 0 Å². The van der Waals surface area contributed by atoms with E-state index in [1.807, 2.05) is 42.1 Å². The Bertz CT molecular complexity index is 622. The van der Waals surface area contributed by atoms with Gasteiger partial charge in [0.1, 0.15) is 7.05 Å². The smallest absolute Gasteiger partial charge is 0.207 e. The minimum absolute atomic E-state index is 0.0287. The van der Waals surface area contributed by atoms with Crippen LogP contribution >= 0.6 is 0 Å². The van der Waals surface area contributed by atoms with Crippen LogP contribution in [0.5, 0.6) is 0 Å². The third-order valence-corrected chi connectivity index (χ3v) is 4.35. The lowest BCUT2D eigenvalue weighted by Crippen LogP contribution is -2.37. The van der Waals surface area contributed by atoms with Crippen LogP contribution in [0.4, 0.5) is 8.78 Å². The van der Waals surface area contributed by atoms with Crippen molar-refractivity contribution in [2.75, 3.05) is 0 Å². The lowest BCUT2D eigenvalue weighted by atomic mass is 9.83. The van der Waals surface area contributed by atoms with Gasteiger partial charge in [0, 0.05) is 30.9 Å². The zero-order valence-electron chi connectivity index (χ0n) is 12.2. The van der Waals surface area contributed by atoms with Gasteiger partial charge in [-0.25, -0.2) is 13.3 Å². The Labute approximate surface area is 124 Å². The molecule has 1 aliphatic carbocycles. The molecular formula is C18H20F2N+. The van der Waals surface area contributed by atoms with E-state index >= 15 is 0 Å². The molecule has 110 valence electrons. The van der Waals surface area contributed by atoms with E-state index in [1.54, 1.807) is 0 Å². The van der Waals surface area contributed by atoms with Crippen LogP contribution in [0.25, 0.3) is 11.1 Å². The van der Waals surface area contributed by atoms with Gasteiger partial charge < -0.3 is 0 Å². The molecule has 3 heteroatoms. The van der Waals surface area contributed by atoms with Crippen molar-refractivity contribution in [1.29, 1.82) is 0 Å². The van der Waals surface area contributed by atoms with Crippen LogP contribution in [0.15, 0.2) is 48.7 Å². The summed E-state index contributed by atoms with van der Waals surface area (Å²) in [5.74, 6) is -2.57. The Morgan fingerprint density at radius 3 is 2.57 bits per heavy atom. The number of alkyl halides is 2. The van der Waals surface area contributed by atoms with E-state index in [0.29, 0.717) is 6.42 Å². The van der Waals surface area contributed by atoms with E-state index in [0.717, 1.165) is 23.2 Å². The maximum absolute atomic E-state index is 13.7. The van der Waals surface area contributed by atoms with Gasteiger partial charge in [-0.15, -0.1) is 0 Å². The Kier molecular flexibility index (Phi) is 3.75. The number of hydrogen-bond donors (Lipinski definition) is 0. The first-order chi connectivity index (χ1) is 10.1. The molecule has 1 aliphatic rings. The molecule has 0 N–H and O–H groups in total. The van der Waals surface area contributed by atoms with Crippen molar-refractivity contribution in [3.63, 3.8) is 0 Å². The van der Waals surface area contributed by atoms with E-state index in [-0.39, 0.29) is 18.8 Å². The summed E-state index contributed by atoms with van der Waals surface area (Å²) in [4.78, 5) is 0. The Morgan fingerprint density at radius 2 is 1.86 bits per heavy atom. The number of aromatic nitrogens is 1. The van der Waals surface area contributed by atoms with E-state index in [9.17, 15) is 8.78 Å². The Morgan fingerprint density at radius 1 is 1.10 bits per heavy atom. The molecule has 1 aromatic heterocycles. The minimum atomic E-state index is -2.52. The van der Waals surface area contributed by atoms with Crippen molar-refractivity contribution in [3.8, 4) is 11.1 Å². The molecule has 1 nitrogen and oxygen atoms in total. The topological polar surface area (TPSA) is 3.88 Å². The van der Waals surface area contributed by atoms with Gasteiger partial charge in [0.05, 0.1) is 0 Å². The molecule has 1 heterocycles. The summed E-state index contributed by atoms with van der Waals surface area (Å²) in [6.07, 6.45) is 3.43. The first-order valence-electron chi connectivity index (χ1n) is 7.48. The third-order valence-electron chi connectivity index (χ3n) is 4.35. The molecular weight excluding hydrogens is 268 g/mol. The molecule has 0 aliphatic heterocycles. The summed E-state index contributed by atoms with van der Waals surface area (Å²) >= 11 is 0. The largest absolute Gasteiger partial charge is 0.249 e. The Balaban J connectivity index is 1.95. The predicted molar refractivity (Wildman–Crippen MR) is 79.2 cm³/mol. The monoisotopic (exact) mass is 288 g/mol. The zero-order valence-corrected chi connectivity index (χ0v) is 12.2. The lowest BCUT2D eigenvalue weighted by Gasteiger charge is -2.27. The number of nitrogens with zero attached hydrogens (tertiary/aromatic N) is 1. The van der Waals surface area contributed by atoms with Gasteiger partial charge in [0.15, 0.2) is 11.9 Å². The van der Waals surface area contributed by atoms with Crippen LogP contribution in [0.1, 0.15) is 37.3 Å². The minimum Gasteiger partial charge on any atom is -0.207 e. The van der Waals surface area contributed by atoms with Crippen molar-refractivity contribution in [3.05, 3.63) is 54.4 Å². The summed E-state index contributed by atoms with van der Waals surface area (Å²) in [5.41, 5.74) is 3.23. The van der Waals surface area contributed by atoms with Gasteiger partial charge in [-0.1, -0.05) is 30.3 Å². The number of hydrogen-bond acceptors (Lipinski definition) is 0. The molecule has 0 amide bonds. The van der Waals surface area contributed by atoms with Crippen LogP contribution in [0, 0.1) is 0 Å². The molecule has 1 atom stereocenters. The molecule has 21 heavy (non-hydrogen) atoms. The van der Waals surface area contributed by atoms with E-state index in [1.165, 1.54) is 0 Å². The van der Waals surface area contributed by atoms with E-state index in [4.69, 9.17) is 0 Å². The molecule has 2 aromatic rings. The van der Waals surface area contributed by atoms with Crippen LogP contribution < -0.4 is 4.57 Å². The Hall–Kier alpha value is -1.77. The molecule has 3 rings (SSSR count). The standard InChI is InChI=1S/C18H20F2N/c1-21-11-9-15(14-6-3-2-4-7-14)12-17(21)16-8-5-10-18(19,20)13-16/h2-4,6-7,9,11-12,16H,5,8,10,13H2,1H3/q+1. The van der Waals surface area contributed by atoms with Gasteiger partial charge in [-0.05, 0) is 24.0 Å². The second kappa shape index (κ2) is 5.55. The first-order valence-corrected chi connectivity index (χ1v) is 7.48. The maximum atomic E-state index is 13.7. The molecule has 1 unspecified atom stereocenters. The fourth-order valence-electron chi connectivity index (χ4n) is 3.23. The molecule has 1 aromatic carbocycles. The van der Waals surface area contributed by atoms with Gasteiger partial charge in [-0.2, -0.15) is 0 Å². The number of halogens is 2. The van der Waals surface area contributed by atoms with Crippen LogP contribution in [0.3, 0.4) is 0 Å². The van der Waals surface area contributed by atoms with Crippen molar-refractivity contribution < 1.29 is 13.3 Å². The molecule has 1 fully saturated rings. The molecule has 0 saturated heterocycles. The summed E-state index contributed by atoms with van der Waals surface area (Å²) in [5, 5.41) is 0. The third kappa shape index (κ3) is 3.12. The van der Waals surface area contributed by atoms with Gasteiger partial charge in [-0.3, -0.25) is 0 Å². The van der Waals surface area contributed by atoms with Gasteiger partial charge >= 0.3 is 0 Å². The summed E-state index contributed by atoms with van der Waals surface area (Å²) in [7, 11) is 1.94. The highest BCUT2D eigenvalue weighted by Crippen LogP contribution is 2.41. The average Bonchev–Trinajstić information content (AvgIpc) is 2.47. The van der Waals surface area contributed by atoms with Crippen molar-refractivity contribution in [1.82, 2.24) is 0 Å². The zero-order chi connectivity index (χ0) is 14.9. The van der Waals surface area contributed by atoms with Crippen molar-refractivity contribution >= 4 is 0 Å². The van der Waals surface area contributed by atoms with Crippen LogP contribution in [-0.4, -0.2) is 5.92 Å². The second-order valence-electron chi connectivity index (χ2n) is 5.97. The number of pyridine rings is 1. The highest BCUT2D eigenvalue weighted by molar-refractivity contribution is 5.62. The summed E-state index contributed by atoms with van der Waals surface area (Å²) < 4.78 is 29.4.